The first kappa shape index (κ1) is 9.94. The van der Waals surface area contributed by atoms with Gasteiger partial charge in [-0.15, -0.1) is 11.3 Å². The Hall–Kier alpha value is -0.600. The lowest BCUT2D eigenvalue weighted by atomic mass is 10.0. The Balaban J connectivity index is 2.25. The van der Waals surface area contributed by atoms with E-state index in [4.69, 9.17) is 0 Å². The molecule has 0 radical (unpaired) electrons. The highest BCUT2D eigenvalue weighted by Gasteiger charge is 2.19. The molecule has 1 nitrogen and oxygen atoms in total. The SMILES string of the molecule is CNC(C1=CCCC1)c1sccc1C. The molecule has 1 aliphatic carbocycles. The van der Waals surface area contributed by atoms with Gasteiger partial charge in [0, 0.05) is 4.88 Å². The van der Waals surface area contributed by atoms with Crippen molar-refractivity contribution in [1.82, 2.24) is 5.32 Å². The van der Waals surface area contributed by atoms with Gasteiger partial charge in [-0.25, -0.2) is 0 Å². The van der Waals surface area contributed by atoms with Crippen LogP contribution in [0.3, 0.4) is 0 Å². The van der Waals surface area contributed by atoms with Crippen molar-refractivity contribution in [2.75, 3.05) is 7.05 Å². The highest BCUT2D eigenvalue weighted by molar-refractivity contribution is 7.10. The largest absolute Gasteiger partial charge is 0.309 e. The van der Waals surface area contributed by atoms with Gasteiger partial charge in [0.15, 0.2) is 0 Å². The molecule has 0 aromatic carbocycles. The second kappa shape index (κ2) is 4.28. The maximum Gasteiger partial charge on any atom is 0.0630 e. The Morgan fingerprint density at radius 2 is 2.36 bits per heavy atom. The summed E-state index contributed by atoms with van der Waals surface area (Å²) in [5, 5.41) is 5.61. The molecule has 1 N–H and O–H groups in total. The first-order valence-corrected chi connectivity index (χ1v) is 6.11. The standard InChI is InChI=1S/C12H17NS/c1-9-7-8-14-12(9)11(13-2)10-5-3-4-6-10/h5,7-8,11,13H,3-4,6H2,1-2H3. The topological polar surface area (TPSA) is 12.0 Å². The van der Waals surface area contributed by atoms with Crippen molar-refractivity contribution in [3.63, 3.8) is 0 Å². The molecular formula is C12H17NS. The van der Waals surface area contributed by atoms with Crippen molar-refractivity contribution in [3.8, 4) is 0 Å². The minimum Gasteiger partial charge on any atom is -0.309 e. The first-order valence-electron chi connectivity index (χ1n) is 5.23. The van der Waals surface area contributed by atoms with E-state index in [1.54, 1.807) is 5.57 Å². The van der Waals surface area contributed by atoms with E-state index < -0.39 is 0 Å². The lowest BCUT2D eigenvalue weighted by molar-refractivity contribution is 0.663. The molecule has 1 aliphatic rings. The minimum atomic E-state index is 0.470. The van der Waals surface area contributed by atoms with E-state index >= 15 is 0 Å². The van der Waals surface area contributed by atoms with E-state index in [1.165, 1.54) is 29.7 Å². The Bertz CT molecular complexity index is 338. The molecular weight excluding hydrogens is 190 g/mol. The highest BCUT2D eigenvalue weighted by atomic mass is 32.1. The molecule has 2 rings (SSSR count). The van der Waals surface area contributed by atoms with Crippen LogP contribution in [0.5, 0.6) is 0 Å². The van der Waals surface area contributed by atoms with E-state index in [0.717, 1.165) is 0 Å². The van der Waals surface area contributed by atoms with Crippen LogP contribution in [0.2, 0.25) is 0 Å². The summed E-state index contributed by atoms with van der Waals surface area (Å²) in [5.41, 5.74) is 3.00. The van der Waals surface area contributed by atoms with Crippen LogP contribution >= 0.6 is 11.3 Å². The number of rotatable bonds is 3. The van der Waals surface area contributed by atoms with Crippen LogP contribution in [-0.4, -0.2) is 7.05 Å². The molecule has 2 heteroatoms. The van der Waals surface area contributed by atoms with Crippen molar-refractivity contribution >= 4 is 11.3 Å². The molecule has 0 saturated carbocycles. The molecule has 0 spiro atoms. The van der Waals surface area contributed by atoms with Gasteiger partial charge in [-0.1, -0.05) is 11.6 Å². The fraction of sp³-hybridized carbons (Fsp3) is 0.500. The summed E-state index contributed by atoms with van der Waals surface area (Å²) >= 11 is 1.87. The second-order valence-electron chi connectivity index (χ2n) is 3.86. The quantitative estimate of drug-likeness (QED) is 0.749. The van der Waals surface area contributed by atoms with Crippen molar-refractivity contribution < 1.29 is 0 Å². The summed E-state index contributed by atoms with van der Waals surface area (Å²) in [6.07, 6.45) is 6.26. The summed E-state index contributed by atoms with van der Waals surface area (Å²) in [6.45, 7) is 2.20. The highest BCUT2D eigenvalue weighted by Crippen LogP contribution is 2.34. The van der Waals surface area contributed by atoms with E-state index in [-0.39, 0.29) is 0 Å². The molecule has 1 aromatic heterocycles. The molecule has 0 bridgehead atoms. The van der Waals surface area contributed by atoms with Crippen LogP contribution in [-0.2, 0) is 0 Å². The average Bonchev–Trinajstić information content (AvgIpc) is 2.80. The third kappa shape index (κ3) is 1.77. The van der Waals surface area contributed by atoms with Gasteiger partial charge in [0.1, 0.15) is 0 Å². The van der Waals surface area contributed by atoms with Gasteiger partial charge in [-0.2, -0.15) is 0 Å². The molecule has 1 atom stereocenters. The fourth-order valence-electron chi connectivity index (χ4n) is 2.12. The smallest absolute Gasteiger partial charge is 0.0630 e. The molecule has 0 aliphatic heterocycles. The molecule has 0 amide bonds. The molecule has 0 saturated heterocycles. The predicted octanol–water partition coefficient (Wildman–Crippen LogP) is 3.43. The number of likely N-dealkylation sites (N-methyl/N-ethyl adjacent to an activating group) is 1. The van der Waals surface area contributed by atoms with Gasteiger partial charge in [0.05, 0.1) is 6.04 Å². The Labute approximate surface area is 89.8 Å². The summed E-state index contributed by atoms with van der Waals surface area (Å²) in [5.74, 6) is 0. The van der Waals surface area contributed by atoms with Crippen LogP contribution < -0.4 is 5.32 Å². The Morgan fingerprint density at radius 3 is 2.86 bits per heavy atom. The molecule has 76 valence electrons. The zero-order valence-corrected chi connectivity index (χ0v) is 9.66. The second-order valence-corrected chi connectivity index (χ2v) is 4.81. The number of hydrogen-bond acceptors (Lipinski definition) is 2. The van der Waals surface area contributed by atoms with Gasteiger partial charge < -0.3 is 5.32 Å². The number of allylic oxidation sites excluding steroid dienone is 1. The van der Waals surface area contributed by atoms with Crippen LogP contribution in [0.4, 0.5) is 0 Å². The summed E-state index contributed by atoms with van der Waals surface area (Å²) in [7, 11) is 2.06. The third-order valence-electron chi connectivity index (χ3n) is 2.90. The predicted molar refractivity (Wildman–Crippen MR) is 62.8 cm³/mol. The van der Waals surface area contributed by atoms with Crippen molar-refractivity contribution in [3.05, 3.63) is 33.5 Å². The average molecular weight is 207 g/mol. The fourth-order valence-corrected chi connectivity index (χ4v) is 3.20. The lowest BCUT2D eigenvalue weighted by Gasteiger charge is -2.17. The normalized spacial score (nSPS) is 18.3. The summed E-state index contributed by atoms with van der Waals surface area (Å²) < 4.78 is 0. The molecule has 0 fully saturated rings. The zero-order chi connectivity index (χ0) is 9.97. The lowest BCUT2D eigenvalue weighted by Crippen LogP contribution is -2.17. The van der Waals surface area contributed by atoms with Crippen molar-refractivity contribution in [2.24, 2.45) is 0 Å². The van der Waals surface area contributed by atoms with Crippen LogP contribution in [0.1, 0.15) is 35.7 Å². The number of aryl methyl sites for hydroxylation is 1. The number of thiophene rings is 1. The van der Waals surface area contributed by atoms with Gasteiger partial charge >= 0.3 is 0 Å². The Kier molecular flexibility index (Phi) is 3.04. The van der Waals surface area contributed by atoms with Crippen LogP contribution in [0.25, 0.3) is 0 Å². The van der Waals surface area contributed by atoms with Crippen LogP contribution in [0, 0.1) is 6.92 Å². The van der Waals surface area contributed by atoms with E-state index in [1.807, 2.05) is 11.3 Å². The monoisotopic (exact) mass is 207 g/mol. The minimum absolute atomic E-state index is 0.470. The molecule has 1 heterocycles. The molecule has 14 heavy (non-hydrogen) atoms. The molecule has 1 unspecified atom stereocenters. The van der Waals surface area contributed by atoms with E-state index in [9.17, 15) is 0 Å². The van der Waals surface area contributed by atoms with E-state index in [0.29, 0.717) is 6.04 Å². The number of nitrogens with one attached hydrogen (secondary N) is 1. The molecule has 1 aromatic rings. The van der Waals surface area contributed by atoms with Gasteiger partial charge in [0.25, 0.3) is 0 Å². The third-order valence-corrected chi connectivity index (χ3v) is 3.98. The maximum atomic E-state index is 3.43. The van der Waals surface area contributed by atoms with Crippen molar-refractivity contribution in [1.29, 1.82) is 0 Å². The zero-order valence-electron chi connectivity index (χ0n) is 8.84. The Morgan fingerprint density at radius 1 is 1.50 bits per heavy atom. The first-order chi connectivity index (χ1) is 6.83. The van der Waals surface area contributed by atoms with Crippen LogP contribution in [0.15, 0.2) is 23.1 Å². The van der Waals surface area contributed by atoms with Gasteiger partial charge in [-0.05, 0) is 50.2 Å². The maximum absolute atomic E-state index is 3.43. The number of hydrogen-bond donors (Lipinski definition) is 1. The van der Waals surface area contributed by atoms with Gasteiger partial charge in [0.2, 0.25) is 0 Å². The van der Waals surface area contributed by atoms with Gasteiger partial charge in [-0.3, -0.25) is 0 Å². The summed E-state index contributed by atoms with van der Waals surface area (Å²) in [4.78, 5) is 1.49. The van der Waals surface area contributed by atoms with Crippen molar-refractivity contribution in [2.45, 2.75) is 32.2 Å². The summed E-state index contributed by atoms with van der Waals surface area (Å²) in [6, 6.07) is 2.68. The van der Waals surface area contributed by atoms with E-state index in [2.05, 4.69) is 36.8 Å².